The molecule has 0 unspecified atom stereocenters. The van der Waals surface area contributed by atoms with Gasteiger partial charge < -0.3 is 5.32 Å². The minimum atomic E-state index is 0.744. The first-order chi connectivity index (χ1) is 6.77. The molecule has 1 saturated carbocycles. The van der Waals surface area contributed by atoms with Crippen molar-refractivity contribution in [2.24, 2.45) is 0 Å². The summed E-state index contributed by atoms with van der Waals surface area (Å²) in [6, 6.07) is 6.86. The van der Waals surface area contributed by atoms with Crippen LogP contribution in [0.15, 0.2) is 18.2 Å². The van der Waals surface area contributed by atoms with E-state index in [2.05, 4.69) is 18.3 Å². The summed E-state index contributed by atoms with van der Waals surface area (Å²) < 4.78 is 0. The van der Waals surface area contributed by atoms with Gasteiger partial charge in [0.25, 0.3) is 0 Å². The molecule has 0 aromatic heterocycles. The van der Waals surface area contributed by atoms with Crippen LogP contribution in [0.1, 0.15) is 30.4 Å². The number of hydrogen-bond donors (Lipinski definition) is 1. The minimum Gasteiger partial charge on any atom is -0.310 e. The zero-order chi connectivity index (χ0) is 9.97. The van der Waals surface area contributed by atoms with Crippen molar-refractivity contribution in [3.63, 3.8) is 0 Å². The summed E-state index contributed by atoms with van der Waals surface area (Å²) in [4.78, 5) is 0. The molecule has 0 amide bonds. The third kappa shape index (κ3) is 2.10. The molecule has 0 spiro atoms. The maximum atomic E-state index is 6.05. The summed E-state index contributed by atoms with van der Waals surface area (Å²) in [6.45, 7) is 3.04. The fourth-order valence-electron chi connectivity index (χ4n) is 1.71. The van der Waals surface area contributed by atoms with Crippen LogP contribution in [0.2, 0.25) is 5.02 Å². The lowest BCUT2D eigenvalue weighted by Crippen LogP contribution is -2.34. The lowest BCUT2D eigenvalue weighted by Gasteiger charge is -2.26. The molecular weight excluding hydrogens is 194 g/mol. The van der Waals surface area contributed by atoms with Crippen LogP contribution in [0.3, 0.4) is 0 Å². The molecule has 1 N–H and O–H groups in total. The average Bonchev–Trinajstić information content (AvgIpc) is 2.09. The lowest BCUT2D eigenvalue weighted by molar-refractivity contribution is 0.338. The first kappa shape index (κ1) is 10.0. The van der Waals surface area contributed by atoms with Crippen molar-refractivity contribution in [3.8, 4) is 0 Å². The second kappa shape index (κ2) is 4.33. The van der Waals surface area contributed by atoms with Gasteiger partial charge in [-0.1, -0.05) is 30.2 Å². The molecule has 1 nitrogen and oxygen atoms in total. The Bertz CT molecular complexity index is 318. The van der Waals surface area contributed by atoms with Gasteiger partial charge >= 0.3 is 0 Å². The van der Waals surface area contributed by atoms with Crippen LogP contribution >= 0.6 is 11.6 Å². The van der Waals surface area contributed by atoms with E-state index >= 15 is 0 Å². The summed E-state index contributed by atoms with van der Waals surface area (Å²) in [6.07, 6.45) is 4.05. The molecule has 0 heterocycles. The van der Waals surface area contributed by atoms with Gasteiger partial charge in [-0.2, -0.15) is 0 Å². The molecule has 2 rings (SSSR count). The van der Waals surface area contributed by atoms with Crippen molar-refractivity contribution in [2.75, 3.05) is 0 Å². The topological polar surface area (TPSA) is 12.0 Å². The van der Waals surface area contributed by atoms with Crippen molar-refractivity contribution < 1.29 is 0 Å². The number of halogens is 1. The van der Waals surface area contributed by atoms with E-state index in [0.29, 0.717) is 0 Å². The van der Waals surface area contributed by atoms with Gasteiger partial charge in [0.1, 0.15) is 0 Å². The van der Waals surface area contributed by atoms with E-state index in [0.717, 1.165) is 17.6 Å². The van der Waals surface area contributed by atoms with E-state index in [-0.39, 0.29) is 0 Å². The quantitative estimate of drug-likeness (QED) is 0.806. The first-order valence-corrected chi connectivity index (χ1v) is 5.62. The smallest absolute Gasteiger partial charge is 0.0438 e. The van der Waals surface area contributed by atoms with Gasteiger partial charge in [0.2, 0.25) is 0 Å². The van der Waals surface area contributed by atoms with Crippen molar-refractivity contribution >= 4 is 11.6 Å². The van der Waals surface area contributed by atoms with Crippen LogP contribution in [-0.2, 0) is 6.54 Å². The summed E-state index contributed by atoms with van der Waals surface area (Å²) in [5, 5.41) is 4.42. The normalized spacial score (nSPS) is 16.7. The van der Waals surface area contributed by atoms with E-state index < -0.39 is 0 Å². The Morgan fingerprint density at radius 1 is 1.43 bits per heavy atom. The van der Waals surface area contributed by atoms with E-state index in [1.165, 1.54) is 30.4 Å². The molecular formula is C12H16ClN. The van der Waals surface area contributed by atoms with Gasteiger partial charge in [-0.05, 0) is 37.0 Å². The molecule has 1 aliphatic rings. The highest BCUT2D eigenvalue weighted by Crippen LogP contribution is 2.21. The van der Waals surface area contributed by atoms with Gasteiger partial charge in [-0.3, -0.25) is 0 Å². The second-order valence-corrected chi connectivity index (χ2v) is 4.44. The largest absolute Gasteiger partial charge is 0.310 e. The Morgan fingerprint density at radius 3 is 2.86 bits per heavy atom. The Morgan fingerprint density at radius 2 is 2.21 bits per heavy atom. The molecule has 2 heteroatoms. The monoisotopic (exact) mass is 209 g/mol. The zero-order valence-corrected chi connectivity index (χ0v) is 9.27. The predicted octanol–water partition coefficient (Wildman–Crippen LogP) is 3.29. The molecule has 0 atom stereocenters. The van der Waals surface area contributed by atoms with E-state index in [1.807, 2.05) is 12.1 Å². The standard InChI is InChI=1S/C12H16ClN/c1-9-10(4-2-7-12(9)13)8-14-11-5-3-6-11/h2,4,7,11,14H,3,5-6,8H2,1H3. The van der Waals surface area contributed by atoms with Crippen LogP contribution in [-0.4, -0.2) is 6.04 Å². The lowest BCUT2D eigenvalue weighted by atomic mass is 9.93. The van der Waals surface area contributed by atoms with Crippen molar-refractivity contribution in [3.05, 3.63) is 34.3 Å². The number of rotatable bonds is 3. The number of benzene rings is 1. The van der Waals surface area contributed by atoms with E-state index in [1.54, 1.807) is 0 Å². The molecule has 14 heavy (non-hydrogen) atoms. The summed E-state index contributed by atoms with van der Waals surface area (Å²) in [5.74, 6) is 0. The highest BCUT2D eigenvalue weighted by molar-refractivity contribution is 6.31. The zero-order valence-electron chi connectivity index (χ0n) is 8.52. The van der Waals surface area contributed by atoms with E-state index in [4.69, 9.17) is 11.6 Å². The molecule has 1 aliphatic carbocycles. The Hall–Kier alpha value is -0.530. The van der Waals surface area contributed by atoms with Gasteiger partial charge in [0.15, 0.2) is 0 Å². The SMILES string of the molecule is Cc1c(Cl)cccc1CNC1CCC1. The highest BCUT2D eigenvalue weighted by Gasteiger charge is 2.16. The fourth-order valence-corrected chi connectivity index (χ4v) is 1.90. The Labute approximate surface area is 90.5 Å². The summed E-state index contributed by atoms with van der Waals surface area (Å²) in [5.41, 5.74) is 2.53. The van der Waals surface area contributed by atoms with E-state index in [9.17, 15) is 0 Å². The van der Waals surface area contributed by atoms with Crippen molar-refractivity contribution in [1.82, 2.24) is 5.32 Å². The molecule has 1 fully saturated rings. The maximum Gasteiger partial charge on any atom is 0.0438 e. The van der Waals surface area contributed by atoms with Gasteiger partial charge in [-0.15, -0.1) is 0 Å². The Balaban J connectivity index is 1.97. The van der Waals surface area contributed by atoms with Crippen LogP contribution in [0.25, 0.3) is 0 Å². The second-order valence-electron chi connectivity index (χ2n) is 4.03. The maximum absolute atomic E-state index is 6.05. The van der Waals surface area contributed by atoms with Crippen molar-refractivity contribution in [2.45, 2.75) is 38.8 Å². The van der Waals surface area contributed by atoms with Crippen molar-refractivity contribution in [1.29, 1.82) is 0 Å². The average molecular weight is 210 g/mol. The van der Waals surface area contributed by atoms with Gasteiger partial charge in [0, 0.05) is 17.6 Å². The minimum absolute atomic E-state index is 0.744. The van der Waals surface area contributed by atoms with Crippen LogP contribution < -0.4 is 5.32 Å². The fraction of sp³-hybridized carbons (Fsp3) is 0.500. The third-order valence-electron chi connectivity index (χ3n) is 3.07. The first-order valence-electron chi connectivity index (χ1n) is 5.25. The summed E-state index contributed by atoms with van der Waals surface area (Å²) in [7, 11) is 0. The molecule has 0 saturated heterocycles. The van der Waals surface area contributed by atoms with Gasteiger partial charge in [-0.25, -0.2) is 0 Å². The number of nitrogens with one attached hydrogen (secondary N) is 1. The molecule has 0 bridgehead atoms. The van der Waals surface area contributed by atoms with Crippen LogP contribution in [0, 0.1) is 6.92 Å². The molecule has 1 aromatic rings. The summed E-state index contributed by atoms with van der Waals surface area (Å²) >= 11 is 6.05. The Kier molecular flexibility index (Phi) is 3.09. The predicted molar refractivity (Wildman–Crippen MR) is 60.7 cm³/mol. The third-order valence-corrected chi connectivity index (χ3v) is 3.48. The highest BCUT2D eigenvalue weighted by atomic mass is 35.5. The molecule has 76 valence electrons. The van der Waals surface area contributed by atoms with Gasteiger partial charge in [0.05, 0.1) is 0 Å². The molecule has 0 aliphatic heterocycles. The molecule has 0 radical (unpaired) electrons. The number of hydrogen-bond acceptors (Lipinski definition) is 1. The molecule has 1 aromatic carbocycles. The van der Waals surface area contributed by atoms with Crippen LogP contribution in [0.5, 0.6) is 0 Å². The van der Waals surface area contributed by atoms with Crippen LogP contribution in [0.4, 0.5) is 0 Å².